The molecular formula is C24H36N2O3. The molecule has 2 rings (SSSR count). The molecule has 1 aromatic heterocycles. The fourth-order valence-corrected chi connectivity index (χ4v) is 3.62. The predicted octanol–water partition coefficient (Wildman–Crippen LogP) is 5.47. The number of amides is 1. The lowest BCUT2D eigenvalue weighted by Gasteiger charge is -2.05. The number of nitrogens with one attached hydrogen (secondary N) is 1. The number of ether oxygens (including phenoxy) is 1. The first-order valence-corrected chi connectivity index (χ1v) is 11.2. The van der Waals surface area contributed by atoms with Crippen molar-refractivity contribution >= 4 is 22.8 Å². The molecule has 29 heavy (non-hydrogen) atoms. The maximum atomic E-state index is 12.7. The average Bonchev–Trinajstić information content (AvgIpc) is 3.09. The number of fused-ring (bicyclic) bond motifs is 1. The molecule has 0 atom stereocenters. The van der Waals surface area contributed by atoms with Crippen LogP contribution in [0.3, 0.4) is 0 Å². The van der Waals surface area contributed by atoms with Crippen LogP contribution < -0.4 is 5.32 Å². The zero-order valence-corrected chi connectivity index (χ0v) is 18.0. The van der Waals surface area contributed by atoms with E-state index in [1.54, 1.807) is 0 Å². The quantitative estimate of drug-likeness (QED) is 0.338. The van der Waals surface area contributed by atoms with Crippen LogP contribution in [0.4, 0.5) is 0 Å². The number of hydrogen-bond acceptors (Lipinski definition) is 3. The number of aromatic nitrogens is 1. The van der Waals surface area contributed by atoms with Gasteiger partial charge in [-0.05, 0) is 25.8 Å². The minimum atomic E-state index is -0.170. The smallest absolute Gasteiger partial charge is 0.305 e. The summed E-state index contributed by atoms with van der Waals surface area (Å²) in [5.41, 5.74) is 1.73. The molecular weight excluding hydrogens is 364 g/mol. The summed E-state index contributed by atoms with van der Waals surface area (Å²) < 4.78 is 7.06. The summed E-state index contributed by atoms with van der Waals surface area (Å²) in [4.78, 5) is 24.3. The molecule has 0 spiro atoms. The van der Waals surface area contributed by atoms with E-state index in [0.717, 1.165) is 23.9 Å². The van der Waals surface area contributed by atoms with E-state index in [2.05, 4.69) is 16.8 Å². The Labute approximate surface area is 174 Å². The van der Waals surface area contributed by atoms with E-state index < -0.39 is 0 Å². The summed E-state index contributed by atoms with van der Waals surface area (Å²) in [6, 6.07) is 7.94. The van der Waals surface area contributed by atoms with E-state index in [1.807, 2.05) is 37.4 Å². The van der Waals surface area contributed by atoms with Crippen molar-refractivity contribution in [2.24, 2.45) is 0 Å². The second-order valence-corrected chi connectivity index (χ2v) is 7.54. The van der Waals surface area contributed by atoms with Crippen LogP contribution in [0.2, 0.25) is 0 Å². The van der Waals surface area contributed by atoms with Crippen molar-refractivity contribution in [1.29, 1.82) is 0 Å². The Morgan fingerprint density at radius 1 is 0.966 bits per heavy atom. The Kier molecular flexibility index (Phi) is 10.3. The molecule has 5 nitrogen and oxygen atoms in total. The van der Waals surface area contributed by atoms with E-state index in [-0.39, 0.29) is 11.9 Å². The van der Waals surface area contributed by atoms with Gasteiger partial charge < -0.3 is 14.6 Å². The molecule has 1 heterocycles. The fourth-order valence-electron chi connectivity index (χ4n) is 3.62. The van der Waals surface area contributed by atoms with Gasteiger partial charge in [0.25, 0.3) is 5.91 Å². The van der Waals surface area contributed by atoms with Gasteiger partial charge in [0.05, 0.1) is 12.2 Å². The summed E-state index contributed by atoms with van der Waals surface area (Å²) in [7, 11) is 0. The molecule has 0 fully saturated rings. The van der Waals surface area contributed by atoms with Gasteiger partial charge in [-0.25, -0.2) is 0 Å². The summed E-state index contributed by atoms with van der Waals surface area (Å²) in [6.07, 6.45) is 11.6. The van der Waals surface area contributed by atoms with Crippen LogP contribution in [0.1, 0.15) is 82.0 Å². The lowest BCUT2D eigenvalue weighted by molar-refractivity contribution is -0.143. The zero-order chi connectivity index (χ0) is 20.9. The topological polar surface area (TPSA) is 60.3 Å². The summed E-state index contributed by atoms with van der Waals surface area (Å²) in [5.74, 6) is -0.187. The molecule has 5 heteroatoms. The summed E-state index contributed by atoms with van der Waals surface area (Å²) >= 11 is 0. The van der Waals surface area contributed by atoms with Crippen LogP contribution in [0.15, 0.2) is 30.5 Å². The maximum absolute atomic E-state index is 12.7. The molecule has 0 aliphatic heterocycles. The van der Waals surface area contributed by atoms with Crippen LogP contribution in [0, 0.1) is 0 Å². The Balaban J connectivity index is 1.86. The molecule has 2 aromatic rings. The molecule has 0 aliphatic rings. The summed E-state index contributed by atoms with van der Waals surface area (Å²) in [6.45, 7) is 5.86. The largest absolute Gasteiger partial charge is 0.466 e. The molecule has 1 amide bonds. The number of benzene rings is 1. The monoisotopic (exact) mass is 400 g/mol. The molecule has 0 saturated heterocycles. The van der Waals surface area contributed by atoms with Crippen molar-refractivity contribution in [3.63, 3.8) is 0 Å². The molecule has 1 aromatic carbocycles. The van der Waals surface area contributed by atoms with E-state index in [0.29, 0.717) is 31.6 Å². The van der Waals surface area contributed by atoms with Crippen molar-refractivity contribution < 1.29 is 14.3 Å². The molecule has 0 bridgehead atoms. The van der Waals surface area contributed by atoms with Gasteiger partial charge in [-0.1, -0.05) is 63.6 Å². The third kappa shape index (κ3) is 7.56. The average molecular weight is 401 g/mol. The minimum Gasteiger partial charge on any atom is -0.466 e. The van der Waals surface area contributed by atoms with Crippen LogP contribution in [-0.2, 0) is 16.1 Å². The molecule has 1 N–H and O–H groups in total. The number of carbonyl (C=O) groups excluding carboxylic acids is 2. The summed E-state index contributed by atoms with van der Waals surface area (Å²) in [5, 5.41) is 4.03. The van der Waals surface area contributed by atoms with E-state index in [1.165, 1.54) is 38.5 Å². The molecule has 0 aliphatic carbocycles. The van der Waals surface area contributed by atoms with E-state index in [4.69, 9.17) is 4.74 Å². The number of esters is 1. The Morgan fingerprint density at radius 2 is 1.69 bits per heavy atom. The van der Waals surface area contributed by atoms with Gasteiger partial charge in [0.1, 0.15) is 0 Å². The number of rotatable bonds is 14. The number of hydrogen-bond donors (Lipinski definition) is 1. The molecule has 0 radical (unpaired) electrons. The highest BCUT2D eigenvalue weighted by atomic mass is 16.5. The van der Waals surface area contributed by atoms with E-state index >= 15 is 0 Å². The molecule has 0 saturated carbocycles. The standard InChI is InChI=1S/C24H36N2O3/c1-3-5-6-7-8-9-12-17-25-24(28)21-19-26(18-13-16-23(27)29-4-2)22-15-11-10-14-20(21)22/h10-11,14-15,19H,3-9,12-13,16-18H2,1-2H3,(H,25,28). The lowest BCUT2D eigenvalue weighted by Crippen LogP contribution is -2.24. The van der Waals surface area contributed by atoms with Gasteiger partial charge in [-0.2, -0.15) is 0 Å². The number of unbranched alkanes of at least 4 members (excludes halogenated alkanes) is 6. The van der Waals surface area contributed by atoms with Crippen molar-refractivity contribution in [2.75, 3.05) is 13.2 Å². The number of nitrogens with zero attached hydrogens (tertiary/aromatic N) is 1. The van der Waals surface area contributed by atoms with Gasteiger partial charge in [-0.3, -0.25) is 9.59 Å². The highest BCUT2D eigenvalue weighted by Crippen LogP contribution is 2.22. The molecule has 160 valence electrons. The first-order chi connectivity index (χ1) is 14.2. The SMILES string of the molecule is CCCCCCCCCNC(=O)c1cn(CCCC(=O)OCC)c2ccccc12. The van der Waals surface area contributed by atoms with E-state index in [9.17, 15) is 9.59 Å². The van der Waals surface area contributed by atoms with Crippen LogP contribution in [-0.4, -0.2) is 29.6 Å². The Morgan fingerprint density at radius 3 is 2.45 bits per heavy atom. The van der Waals surface area contributed by atoms with Gasteiger partial charge in [0.2, 0.25) is 0 Å². The van der Waals surface area contributed by atoms with Gasteiger partial charge in [0, 0.05) is 36.6 Å². The fraction of sp³-hybridized carbons (Fsp3) is 0.583. The Hall–Kier alpha value is -2.30. The highest BCUT2D eigenvalue weighted by molar-refractivity contribution is 6.07. The van der Waals surface area contributed by atoms with Crippen LogP contribution >= 0.6 is 0 Å². The third-order valence-electron chi connectivity index (χ3n) is 5.18. The second-order valence-electron chi connectivity index (χ2n) is 7.54. The van der Waals surface area contributed by atoms with Crippen molar-refractivity contribution in [2.45, 2.75) is 78.2 Å². The van der Waals surface area contributed by atoms with Gasteiger partial charge >= 0.3 is 5.97 Å². The van der Waals surface area contributed by atoms with Crippen LogP contribution in [0.5, 0.6) is 0 Å². The number of carbonyl (C=O) groups is 2. The minimum absolute atomic E-state index is 0.0173. The van der Waals surface area contributed by atoms with Crippen molar-refractivity contribution in [3.05, 3.63) is 36.0 Å². The lowest BCUT2D eigenvalue weighted by atomic mass is 10.1. The zero-order valence-electron chi connectivity index (χ0n) is 18.0. The predicted molar refractivity (Wildman–Crippen MR) is 118 cm³/mol. The maximum Gasteiger partial charge on any atom is 0.305 e. The van der Waals surface area contributed by atoms with Crippen molar-refractivity contribution in [3.8, 4) is 0 Å². The Bertz CT molecular complexity index is 767. The second kappa shape index (κ2) is 13.0. The first kappa shape index (κ1) is 23.0. The number of aryl methyl sites for hydroxylation is 1. The van der Waals surface area contributed by atoms with Gasteiger partial charge in [-0.15, -0.1) is 0 Å². The van der Waals surface area contributed by atoms with Gasteiger partial charge in [0.15, 0.2) is 0 Å². The third-order valence-corrected chi connectivity index (χ3v) is 5.18. The van der Waals surface area contributed by atoms with Crippen LogP contribution in [0.25, 0.3) is 10.9 Å². The van der Waals surface area contributed by atoms with Crippen molar-refractivity contribution in [1.82, 2.24) is 9.88 Å². The number of para-hydroxylation sites is 1. The first-order valence-electron chi connectivity index (χ1n) is 11.2. The highest BCUT2D eigenvalue weighted by Gasteiger charge is 2.14. The molecule has 0 unspecified atom stereocenters. The normalized spacial score (nSPS) is 11.0.